The van der Waals surface area contributed by atoms with Crippen LogP contribution in [-0.2, 0) is 16.0 Å². The molecule has 0 fully saturated rings. The normalized spacial score (nSPS) is 11.6. The van der Waals surface area contributed by atoms with E-state index in [1.54, 1.807) is 6.07 Å². The molecule has 5 nitrogen and oxygen atoms in total. The molecule has 132 valence electrons. The maximum Gasteiger partial charge on any atom is 0.313 e. The van der Waals surface area contributed by atoms with Crippen LogP contribution in [0.15, 0.2) is 54.6 Å². The Morgan fingerprint density at radius 1 is 1.00 bits per heavy atom. The minimum absolute atomic E-state index is 0.0825. The zero-order valence-corrected chi connectivity index (χ0v) is 14.4. The molecule has 1 unspecified atom stereocenters. The molecular formula is C20H24N2O3. The smallest absolute Gasteiger partial charge is 0.313 e. The van der Waals surface area contributed by atoms with Crippen LogP contribution >= 0.6 is 0 Å². The van der Waals surface area contributed by atoms with Gasteiger partial charge < -0.3 is 15.7 Å². The minimum Gasteiger partial charge on any atom is -0.396 e. The van der Waals surface area contributed by atoms with Crippen LogP contribution in [0.3, 0.4) is 0 Å². The van der Waals surface area contributed by atoms with Crippen molar-refractivity contribution in [3.63, 3.8) is 0 Å². The number of carbonyl (C=O) groups is 2. The molecule has 0 saturated heterocycles. The first kappa shape index (κ1) is 18.7. The van der Waals surface area contributed by atoms with E-state index in [0.717, 1.165) is 24.0 Å². The van der Waals surface area contributed by atoms with E-state index in [1.807, 2.05) is 48.5 Å². The summed E-state index contributed by atoms with van der Waals surface area (Å²) in [6, 6.07) is 16.4. The van der Waals surface area contributed by atoms with Gasteiger partial charge in [-0.1, -0.05) is 61.9 Å². The lowest BCUT2D eigenvalue weighted by Gasteiger charge is -2.18. The number of hydrogen-bond acceptors (Lipinski definition) is 3. The second-order valence-electron chi connectivity index (χ2n) is 5.81. The highest BCUT2D eigenvalue weighted by Crippen LogP contribution is 2.18. The molecule has 0 aliphatic rings. The SMILES string of the molecule is CCCc1ccccc1NC(=O)C(=O)NC(CCO)c1ccccc1. The summed E-state index contributed by atoms with van der Waals surface area (Å²) in [7, 11) is 0. The molecule has 2 amide bonds. The predicted octanol–water partition coefficient (Wildman–Crippen LogP) is 2.82. The molecule has 5 heteroatoms. The Morgan fingerprint density at radius 3 is 2.36 bits per heavy atom. The molecule has 0 aromatic heterocycles. The quantitative estimate of drug-likeness (QED) is 0.678. The summed E-state index contributed by atoms with van der Waals surface area (Å²) >= 11 is 0. The van der Waals surface area contributed by atoms with Gasteiger partial charge in [0, 0.05) is 12.3 Å². The van der Waals surface area contributed by atoms with Gasteiger partial charge in [-0.05, 0) is 30.0 Å². The monoisotopic (exact) mass is 340 g/mol. The number of carbonyl (C=O) groups excluding carboxylic acids is 2. The summed E-state index contributed by atoms with van der Waals surface area (Å²) in [6.07, 6.45) is 2.12. The Balaban J connectivity index is 2.05. The largest absolute Gasteiger partial charge is 0.396 e. The minimum atomic E-state index is -0.714. The first-order valence-corrected chi connectivity index (χ1v) is 8.51. The van der Waals surface area contributed by atoms with E-state index in [1.165, 1.54) is 0 Å². The maximum atomic E-state index is 12.3. The Bertz CT molecular complexity index is 701. The highest BCUT2D eigenvalue weighted by molar-refractivity contribution is 6.39. The zero-order valence-electron chi connectivity index (χ0n) is 14.4. The van der Waals surface area contributed by atoms with Crippen LogP contribution in [0, 0.1) is 0 Å². The Hall–Kier alpha value is -2.66. The number of anilines is 1. The summed E-state index contributed by atoms with van der Waals surface area (Å²) in [5, 5.41) is 14.6. The zero-order chi connectivity index (χ0) is 18.1. The lowest BCUT2D eigenvalue weighted by Crippen LogP contribution is -2.38. The average molecular weight is 340 g/mol. The number of benzene rings is 2. The second-order valence-corrected chi connectivity index (χ2v) is 5.81. The fourth-order valence-corrected chi connectivity index (χ4v) is 2.67. The van der Waals surface area contributed by atoms with Crippen molar-refractivity contribution in [3.8, 4) is 0 Å². The highest BCUT2D eigenvalue weighted by atomic mass is 16.3. The van der Waals surface area contributed by atoms with Crippen molar-refractivity contribution in [3.05, 3.63) is 65.7 Å². The maximum absolute atomic E-state index is 12.3. The molecule has 2 aromatic carbocycles. The molecule has 0 spiro atoms. The molecule has 0 bridgehead atoms. The molecule has 0 aliphatic carbocycles. The molecule has 0 heterocycles. The third-order valence-electron chi connectivity index (χ3n) is 3.92. The van der Waals surface area contributed by atoms with E-state index in [4.69, 9.17) is 0 Å². The van der Waals surface area contributed by atoms with Crippen molar-refractivity contribution >= 4 is 17.5 Å². The summed E-state index contributed by atoms with van der Waals surface area (Å²) in [6.45, 7) is 1.98. The van der Waals surface area contributed by atoms with Gasteiger partial charge in [0.25, 0.3) is 0 Å². The number of nitrogens with one attached hydrogen (secondary N) is 2. The van der Waals surface area contributed by atoms with Crippen molar-refractivity contribution in [2.45, 2.75) is 32.2 Å². The number of aliphatic hydroxyl groups is 1. The van der Waals surface area contributed by atoms with Gasteiger partial charge in [-0.15, -0.1) is 0 Å². The van der Waals surface area contributed by atoms with Crippen molar-refractivity contribution in [2.24, 2.45) is 0 Å². The summed E-state index contributed by atoms with van der Waals surface area (Å²) in [5.74, 6) is -1.42. The van der Waals surface area contributed by atoms with Gasteiger partial charge in [0.05, 0.1) is 6.04 Å². The molecule has 2 rings (SSSR count). The predicted molar refractivity (Wildman–Crippen MR) is 98.1 cm³/mol. The Kier molecular flexibility index (Phi) is 7.16. The van der Waals surface area contributed by atoms with Crippen LogP contribution in [0.4, 0.5) is 5.69 Å². The molecular weight excluding hydrogens is 316 g/mol. The average Bonchev–Trinajstić information content (AvgIpc) is 2.64. The van der Waals surface area contributed by atoms with Gasteiger partial charge in [-0.3, -0.25) is 9.59 Å². The van der Waals surface area contributed by atoms with Crippen molar-refractivity contribution in [1.82, 2.24) is 5.32 Å². The molecule has 0 aliphatic heterocycles. The first-order valence-electron chi connectivity index (χ1n) is 8.51. The Morgan fingerprint density at radius 2 is 1.68 bits per heavy atom. The van der Waals surface area contributed by atoms with E-state index < -0.39 is 17.9 Å². The number of para-hydroxylation sites is 1. The molecule has 0 radical (unpaired) electrons. The summed E-state index contributed by atoms with van der Waals surface area (Å²) in [5.41, 5.74) is 2.51. The third-order valence-corrected chi connectivity index (χ3v) is 3.92. The lowest BCUT2D eigenvalue weighted by molar-refractivity contribution is -0.136. The van der Waals surface area contributed by atoms with Gasteiger partial charge in [-0.2, -0.15) is 0 Å². The van der Waals surface area contributed by atoms with E-state index in [9.17, 15) is 14.7 Å². The van der Waals surface area contributed by atoms with Crippen LogP contribution in [0.1, 0.15) is 36.9 Å². The Labute approximate surface area is 148 Å². The van der Waals surface area contributed by atoms with Crippen LogP contribution in [0.2, 0.25) is 0 Å². The van der Waals surface area contributed by atoms with Gasteiger partial charge in [0.1, 0.15) is 0 Å². The molecule has 3 N–H and O–H groups in total. The molecule has 2 aromatic rings. The molecule has 0 saturated carbocycles. The summed E-state index contributed by atoms with van der Waals surface area (Å²) < 4.78 is 0. The molecule has 25 heavy (non-hydrogen) atoms. The van der Waals surface area contributed by atoms with Gasteiger partial charge >= 0.3 is 11.8 Å². The van der Waals surface area contributed by atoms with Crippen LogP contribution in [0.25, 0.3) is 0 Å². The first-order chi connectivity index (χ1) is 12.2. The number of rotatable bonds is 7. The van der Waals surface area contributed by atoms with E-state index in [2.05, 4.69) is 17.6 Å². The number of aryl methyl sites for hydroxylation is 1. The van der Waals surface area contributed by atoms with E-state index in [0.29, 0.717) is 12.1 Å². The number of aliphatic hydroxyl groups excluding tert-OH is 1. The van der Waals surface area contributed by atoms with Crippen molar-refractivity contribution in [1.29, 1.82) is 0 Å². The van der Waals surface area contributed by atoms with Crippen molar-refractivity contribution < 1.29 is 14.7 Å². The van der Waals surface area contributed by atoms with E-state index in [-0.39, 0.29) is 6.61 Å². The topological polar surface area (TPSA) is 78.4 Å². The van der Waals surface area contributed by atoms with Gasteiger partial charge in [-0.25, -0.2) is 0 Å². The van der Waals surface area contributed by atoms with Crippen LogP contribution in [-0.4, -0.2) is 23.5 Å². The molecule has 1 atom stereocenters. The fourth-order valence-electron chi connectivity index (χ4n) is 2.67. The summed E-state index contributed by atoms with van der Waals surface area (Å²) in [4.78, 5) is 24.5. The van der Waals surface area contributed by atoms with Gasteiger partial charge in [0.2, 0.25) is 0 Å². The highest BCUT2D eigenvalue weighted by Gasteiger charge is 2.20. The third kappa shape index (κ3) is 5.43. The standard InChI is InChI=1S/C20H24N2O3/c1-2-8-15-11-6-7-12-17(15)21-19(24)20(25)22-18(13-14-23)16-9-4-3-5-10-16/h3-7,9-12,18,23H,2,8,13-14H2,1H3,(H,21,24)(H,22,25). The lowest BCUT2D eigenvalue weighted by atomic mass is 10.0. The van der Waals surface area contributed by atoms with E-state index >= 15 is 0 Å². The second kappa shape index (κ2) is 9.59. The van der Waals surface area contributed by atoms with Crippen molar-refractivity contribution in [2.75, 3.05) is 11.9 Å². The number of hydrogen-bond donors (Lipinski definition) is 3. The van der Waals surface area contributed by atoms with Gasteiger partial charge in [0.15, 0.2) is 0 Å². The fraction of sp³-hybridized carbons (Fsp3) is 0.300. The van der Waals surface area contributed by atoms with Crippen LogP contribution in [0.5, 0.6) is 0 Å². The number of amides is 2. The van der Waals surface area contributed by atoms with Crippen LogP contribution < -0.4 is 10.6 Å².